The third-order valence-electron chi connectivity index (χ3n) is 8.25. The van der Waals surface area contributed by atoms with Gasteiger partial charge in [0.1, 0.15) is 18.8 Å². The van der Waals surface area contributed by atoms with Crippen molar-refractivity contribution in [3.05, 3.63) is 11.6 Å². The van der Waals surface area contributed by atoms with Crippen LogP contribution in [0, 0.1) is 11.8 Å². The zero-order valence-electron chi connectivity index (χ0n) is 23.8. The Labute approximate surface area is 230 Å². The Bertz CT molecular complexity index is 894. The van der Waals surface area contributed by atoms with E-state index in [4.69, 9.17) is 23.7 Å². The molecule has 2 heterocycles. The van der Waals surface area contributed by atoms with Crippen molar-refractivity contribution in [2.45, 2.75) is 95.0 Å². The summed E-state index contributed by atoms with van der Waals surface area (Å²) in [5.74, 6) is -5.51. The van der Waals surface area contributed by atoms with Gasteiger partial charge in [0.15, 0.2) is 0 Å². The molecule has 3 aliphatic rings. The smallest absolute Gasteiger partial charge is 0.329 e. The number of ether oxygens (including phenoxy) is 5. The van der Waals surface area contributed by atoms with Gasteiger partial charge in [-0.25, -0.2) is 4.79 Å². The van der Waals surface area contributed by atoms with Gasteiger partial charge in [0.25, 0.3) is 11.7 Å². The zero-order valence-corrected chi connectivity index (χ0v) is 23.8. The molecule has 2 aliphatic heterocycles. The van der Waals surface area contributed by atoms with Gasteiger partial charge in [0, 0.05) is 33.8 Å². The topological polar surface area (TPSA) is 141 Å². The van der Waals surface area contributed by atoms with Crippen LogP contribution in [0.4, 0.5) is 0 Å². The first-order valence-corrected chi connectivity index (χ1v) is 13.9. The number of aliphatic hydroxyl groups excluding tert-OH is 1. The minimum atomic E-state index is -2.35. The molecule has 0 radical (unpaired) electrons. The predicted octanol–water partition coefficient (Wildman–Crippen LogP) is 1.38. The van der Waals surface area contributed by atoms with E-state index in [1.165, 1.54) is 19.1 Å². The number of methoxy groups -OCH3 is 3. The van der Waals surface area contributed by atoms with E-state index in [1.54, 1.807) is 14.0 Å². The molecular weight excluding hydrogens is 510 g/mol. The minimum Gasteiger partial charge on any atom is -0.460 e. The van der Waals surface area contributed by atoms with Gasteiger partial charge >= 0.3 is 5.97 Å². The number of nitrogens with zero attached hydrogens (tertiary/aromatic N) is 1. The molecule has 39 heavy (non-hydrogen) atoms. The fraction of sp³-hybridized carbons (Fsp3) is 0.821. The highest BCUT2D eigenvalue weighted by molar-refractivity contribution is 6.39. The van der Waals surface area contributed by atoms with Crippen molar-refractivity contribution in [2.24, 2.45) is 11.8 Å². The third-order valence-corrected chi connectivity index (χ3v) is 8.25. The number of allylic oxidation sites excluding steroid dienone is 1. The van der Waals surface area contributed by atoms with E-state index in [9.17, 15) is 24.6 Å². The van der Waals surface area contributed by atoms with E-state index >= 15 is 0 Å². The molecule has 3 fully saturated rings. The van der Waals surface area contributed by atoms with Gasteiger partial charge in [-0.15, -0.1) is 0 Å². The summed E-state index contributed by atoms with van der Waals surface area (Å²) < 4.78 is 27.2. The van der Waals surface area contributed by atoms with Gasteiger partial charge in [-0.05, 0) is 63.4 Å². The lowest BCUT2D eigenvalue weighted by Gasteiger charge is -2.44. The average molecular weight is 556 g/mol. The molecule has 8 atom stereocenters. The lowest BCUT2D eigenvalue weighted by Crippen LogP contribution is -2.63. The Hall–Kier alpha value is -1.89. The summed E-state index contributed by atoms with van der Waals surface area (Å²) in [6.45, 7) is 3.83. The summed E-state index contributed by atoms with van der Waals surface area (Å²) in [5.41, 5.74) is 0.861. The van der Waals surface area contributed by atoms with E-state index in [0.717, 1.165) is 12.0 Å². The normalized spacial score (nSPS) is 35.9. The number of likely N-dealkylation sites (tertiary alicyclic amines) is 1. The second kappa shape index (κ2) is 14.1. The fourth-order valence-corrected chi connectivity index (χ4v) is 5.90. The number of esters is 1. The van der Waals surface area contributed by atoms with Crippen molar-refractivity contribution in [2.75, 3.05) is 41.1 Å². The Kier molecular flexibility index (Phi) is 11.5. The van der Waals surface area contributed by atoms with E-state index in [1.807, 2.05) is 13.0 Å². The van der Waals surface area contributed by atoms with Gasteiger partial charge in [-0.2, -0.15) is 0 Å². The van der Waals surface area contributed by atoms with Crippen LogP contribution in [0.3, 0.4) is 0 Å². The van der Waals surface area contributed by atoms with Gasteiger partial charge in [0.2, 0.25) is 5.79 Å². The molecule has 1 aliphatic carbocycles. The molecular formula is C28H45NO10. The largest absolute Gasteiger partial charge is 0.460 e. The number of carbonyl (C=O) groups excluding carboxylic acids is 3. The second-order valence-electron chi connectivity index (χ2n) is 11.1. The Balaban J connectivity index is 1.64. The number of rotatable bonds is 10. The van der Waals surface area contributed by atoms with Crippen molar-refractivity contribution >= 4 is 17.7 Å². The Morgan fingerprint density at radius 3 is 2.44 bits per heavy atom. The van der Waals surface area contributed by atoms with Crippen molar-refractivity contribution in [1.82, 2.24) is 4.90 Å². The van der Waals surface area contributed by atoms with Crippen LogP contribution in [0.2, 0.25) is 0 Å². The monoisotopic (exact) mass is 555 g/mol. The molecule has 11 heteroatoms. The molecule has 0 aromatic heterocycles. The average Bonchev–Trinajstić information content (AvgIpc) is 2.93. The predicted molar refractivity (Wildman–Crippen MR) is 139 cm³/mol. The lowest BCUT2D eigenvalue weighted by molar-refractivity contribution is -0.291. The number of aliphatic hydroxyl groups is 2. The minimum absolute atomic E-state index is 0.0587. The summed E-state index contributed by atoms with van der Waals surface area (Å²) >= 11 is 0. The number of ketones is 1. The van der Waals surface area contributed by atoms with Crippen molar-refractivity contribution in [3.8, 4) is 0 Å². The highest BCUT2D eigenvalue weighted by atomic mass is 16.7. The summed E-state index contributed by atoms with van der Waals surface area (Å²) in [4.78, 5) is 41.0. The van der Waals surface area contributed by atoms with Crippen LogP contribution in [0.25, 0.3) is 0 Å². The first kappa shape index (κ1) is 31.6. The highest BCUT2D eigenvalue weighted by Gasteiger charge is 2.55. The maximum atomic E-state index is 13.4. The summed E-state index contributed by atoms with van der Waals surface area (Å²) in [6, 6.07) is -0.922. The van der Waals surface area contributed by atoms with Crippen molar-refractivity contribution < 1.29 is 48.3 Å². The molecule has 2 N–H and O–H groups in total. The van der Waals surface area contributed by atoms with Gasteiger partial charge in [-0.3, -0.25) is 9.59 Å². The van der Waals surface area contributed by atoms with Crippen LogP contribution in [0.1, 0.15) is 58.8 Å². The first-order chi connectivity index (χ1) is 18.5. The van der Waals surface area contributed by atoms with E-state index in [-0.39, 0.29) is 31.8 Å². The SMILES string of the molecule is COC[C@H]1O[C@@](O)(C(=O)C(=O)N2CCCC[C@H]2C(=O)OC/C(C)=C/[C@@H]2CC[C@@H](O)[C@H](OC)C2)[C@H](C)C[C@@H]1OC. The summed E-state index contributed by atoms with van der Waals surface area (Å²) in [7, 11) is 4.57. The maximum Gasteiger partial charge on any atom is 0.329 e. The van der Waals surface area contributed by atoms with Gasteiger partial charge in [0.05, 0.1) is 24.9 Å². The van der Waals surface area contributed by atoms with Crippen LogP contribution in [0.5, 0.6) is 0 Å². The number of hydrogen-bond donors (Lipinski definition) is 2. The molecule has 1 saturated carbocycles. The van der Waals surface area contributed by atoms with E-state index in [0.29, 0.717) is 38.5 Å². The number of hydrogen-bond acceptors (Lipinski definition) is 10. The van der Waals surface area contributed by atoms with Crippen LogP contribution >= 0.6 is 0 Å². The third kappa shape index (κ3) is 7.45. The zero-order chi connectivity index (χ0) is 28.7. The van der Waals surface area contributed by atoms with Crippen LogP contribution in [-0.2, 0) is 38.1 Å². The van der Waals surface area contributed by atoms with Crippen LogP contribution < -0.4 is 0 Å². The van der Waals surface area contributed by atoms with Gasteiger partial charge < -0.3 is 38.8 Å². The summed E-state index contributed by atoms with van der Waals surface area (Å²) in [6.07, 6.45) is 4.36. The molecule has 3 rings (SSSR count). The lowest BCUT2D eigenvalue weighted by atomic mass is 9.84. The molecule has 0 aromatic carbocycles. The standard InChI is InChI=1S/C28H45NO10/c1-17(12-19-9-10-21(30)22(14-19)36-4)15-38-27(33)20-8-6-7-11-29(20)26(32)25(31)28(34)18(2)13-23(37-5)24(39-28)16-35-3/h12,18-24,30,34H,6-11,13-16H2,1-5H3/b17-12+/t18-,19+,20+,21-,22-,23+,24-,28-/m1/s1. The fourth-order valence-electron chi connectivity index (χ4n) is 5.90. The number of carbonyl (C=O) groups is 3. The van der Waals surface area contributed by atoms with E-state index in [2.05, 4.69) is 0 Å². The van der Waals surface area contributed by atoms with E-state index < -0.39 is 53.7 Å². The number of piperidine rings is 1. The molecule has 0 bridgehead atoms. The van der Waals surface area contributed by atoms with Gasteiger partial charge in [-0.1, -0.05) is 13.0 Å². The quantitative estimate of drug-likeness (QED) is 0.231. The summed E-state index contributed by atoms with van der Waals surface area (Å²) in [5, 5.41) is 21.3. The number of Topliss-reactive ketones (excluding diaryl/α,β-unsaturated/α-hetero) is 1. The Morgan fingerprint density at radius 1 is 1.05 bits per heavy atom. The maximum absolute atomic E-state index is 13.4. The van der Waals surface area contributed by atoms with Crippen LogP contribution in [-0.4, -0.2) is 110 Å². The van der Waals surface area contributed by atoms with Crippen molar-refractivity contribution in [3.63, 3.8) is 0 Å². The molecule has 2 saturated heterocycles. The molecule has 0 unspecified atom stereocenters. The molecule has 0 spiro atoms. The van der Waals surface area contributed by atoms with Crippen molar-refractivity contribution in [1.29, 1.82) is 0 Å². The molecule has 222 valence electrons. The number of amides is 1. The van der Waals surface area contributed by atoms with Crippen LogP contribution in [0.15, 0.2) is 11.6 Å². The first-order valence-electron chi connectivity index (χ1n) is 13.9. The molecule has 1 amide bonds. The molecule has 0 aromatic rings. The Morgan fingerprint density at radius 2 is 1.77 bits per heavy atom. The molecule has 11 nitrogen and oxygen atoms in total. The highest BCUT2D eigenvalue weighted by Crippen LogP contribution is 2.36. The second-order valence-corrected chi connectivity index (χ2v) is 11.1.